The van der Waals surface area contributed by atoms with Crippen LogP contribution in [0.25, 0.3) is 0 Å². The molecule has 0 saturated carbocycles. The number of piperazine rings is 1. The van der Waals surface area contributed by atoms with Gasteiger partial charge in [0.1, 0.15) is 4.90 Å². The van der Waals surface area contributed by atoms with Gasteiger partial charge >= 0.3 is 0 Å². The normalized spacial score (nSPS) is 18.1. The largest absolute Gasteiger partial charge is 0.354 e. The maximum absolute atomic E-state index is 12.8. The summed E-state index contributed by atoms with van der Waals surface area (Å²) in [5.41, 5.74) is 0. The van der Waals surface area contributed by atoms with Gasteiger partial charge in [-0.25, -0.2) is 8.42 Å². The van der Waals surface area contributed by atoms with Crippen LogP contribution < -0.4 is 5.32 Å². The third kappa shape index (κ3) is 5.19. The minimum absolute atomic E-state index is 0.0223. The number of nitrogens with zero attached hydrogens (tertiary/aromatic N) is 2. The molecule has 1 aliphatic rings. The molecule has 1 fully saturated rings. The fourth-order valence-corrected chi connectivity index (χ4v) is 5.21. The van der Waals surface area contributed by atoms with Gasteiger partial charge in [0.05, 0.1) is 11.1 Å². The summed E-state index contributed by atoms with van der Waals surface area (Å²) in [6.45, 7) is 8.25. The zero-order valence-corrected chi connectivity index (χ0v) is 18.4. The number of carbonyl (C=O) groups is 1. The first-order valence-corrected chi connectivity index (χ1v) is 11.2. The standard InChI is InChI=1S/C17H25BrClN3O3S/c1-12(2)11-20-17(23)13(3)21-6-8-22(9-7-21)26(24,25)16-5-4-14(18)10-15(16)19/h4-5,10,12-13H,6-9,11H2,1-3H3,(H,20,23). The van der Waals surface area contributed by atoms with Crippen LogP contribution in [0.3, 0.4) is 0 Å². The van der Waals surface area contributed by atoms with E-state index in [-0.39, 0.29) is 21.9 Å². The van der Waals surface area contributed by atoms with Gasteiger partial charge in [-0.1, -0.05) is 41.4 Å². The minimum Gasteiger partial charge on any atom is -0.354 e. The number of benzene rings is 1. The van der Waals surface area contributed by atoms with Gasteiger partial charge in [-0.3, -0.25) is 9.69 Å². The molecule has 1 atom stereocenters. The second kappa shape index (κ2) is 9.01. The zero-order chi connectivity index (χ0) is 19.5. The van der Waals surface area contributed by atoms with Crippen molar-refractivity contribution < 1.29 is 13.2 Å². The Hall–Kier alpha value is -0.670. The summed E-state index contributed by atoms with van der Waals surface area (Å²) in [4.78, 5) is 14.3. The average molecular weight is 467 g/mol. The quantitative estimate of drug-likeness (QED) is 0.699. The Kier molecular flexibility index (Phi) is 7.50. The molecule has 146 valence electrons. The minimum atomic E-state index is -3.65. The van der Waals surface area contributed by atoms with Crippen LogP contribution in [-0.4, -0.2) is 62.3 Å². The van der Waals surface area contributed by atoms with E-state index >= 15 is 0 Å². The van der Waals surface area contributed by atoms with Gasteiger partial charge in [0.15, 0.2) is 0 Å². The van der Waals surface area contributed by atoms with Crippen LogP contribution in [0, 0.1) is 5.92 Å². The molecule has 2 rings (SSSR count). The summed E-state index contributed by atoms with van der Waals surface area (Å²) in [6, 6.07) is 4.47. The number of rotatable bonds is 6. The van der Waals surface area contributed by atoms with E-state index in [0.29, 0.717) is 38.6 Å². The number of hydrogen-bond acceptors (Lipinski definition) is 4. The number of sulfonamides is 1. The number of nitrogens with one attached hydrogen (secondary N) is 1. The van der Waals surface area contributed by atoms with Crippen LogP contribution >= 0.6 is 27.5 Å². The van der Waals surface area contributed by atoms with E-state index in [1.165, 1.54) is 10.4 Å². The highest BCUT2D eigenvalue weighted by Gasteiger charge is 2.32. The van der Waals surface area contributed by atoms with E-state index in [9.17, 15) is 13.2 Å². The van der Waals surface area contributed by atoms with E-state index < -0.39 is 10.0 Å². The number of amides is 1. The molecule has 1 aromatic rings. The van der Waals surface area contributed by atoms with Crippen LogP contribution in [0.2, 0.25) is 5.02 Å². The average Bonchev–Trinajstić information content (AvgIpc) is 2.58. The van der Waals surface area contributed by atoms with Crippen molar-refractivity contribution in [3.8, 4) is 0 Å². The molecular formula is C17H25BrClN3O3S. The Morgan fingerprint density at radius 2 is 1.85 bits per heavy atom. The molecular weight excluding hydrogens is 442 g/mol. The zero-order valence-electron chi connectivity index (χ0n) is 15.2. The van der Waals surface area contributed by atoms with Gasteiger partial charge in [-0.2, -0.15) is 4.31 Å². The summed E-state index contributed by atoms with van der Waals surface area (Å²) in [7, 11) is -3.65. The van der Waals surface area contributed by atoms with E-state index in [4.69, 9.17) is 11.6 Å². The Morgan fingerprint density at radius 3 is 2.38 bits per heavy atom. The molecule has 6 nitrogen and oxygen atoms in total. The first-order chi connectivity index (χ1) is 12.1. The maximum Gasteiger partial charge on any atom is 0.244 e. The van der Waals surface area contributed by atoms with Crippen LogP contribution in [0.15, 0.2) is 27.6 Å². The van der Waals surface area contributed by atoms with Crippen molar-refractivity contribution in [2.75, 3.05) is 32.7 Å². The molecule has 0 bridgehead atoms. The monoisotopic (exact) mass is 465 g/mol. The fourth-order valence-electron chi connectivity index (χ4n) is 2.77. The molecule has 1 N–H and O–H groups in total. The molecule has 0 aliphatic carbocycles. The summed E-state index contributed by atoms with van der Waals surface area (Å²) < 4.78 is 27.8. The topological polar surface area (TPSA) is 69.7 Å². The van der Waals surface area contributed by atoms with E-state index in [1.54, 1.807) is 12.1 Å². The Balaban J connectivity index is 2.00. The summed E-state index contributed by atoms with van der Waals surface area (Å²) >= 11 is 9.40. The maximum atomic E-state index is 12.8. The molecule has 26 heavy (non-hydrogen) atoms. The summed E-state index contributed by atoms with van der Waals surface area (Å²) in [6.07, 6.45) is 0. The number of hydrogen-bond donors (Lipinski definition) is 1. The van der Waals surface area contributed by atoms with E-state index in [0.717, 1.165) is 4.47 Å². The van der Waals surface area contributed by atoms with Crippen molar-refractivity contribution in [2.24, 2.45) is 5.92 Å². The van der Waals surface area contributed by atoms with E-state index in [1.807, 2.05) is 25.7 Å². The Labute approximate surface area is 169 Å². The predicted molar refractivity (Wildman–Crippen MR) is 107 cm³/mol. The molecule has 1 amide bonds. The van der Waals surface area contributed by atoms with Crippen LogP contribution in [0.1, 0.15) is 20.8 Å². The van der Waals surface area contributed by atoms with Crippen LogP contribution in [0.4, 0.5) is 0 Å². The van der Waals surface area contributed by atoms with Crippen molar-refractivity contribution in [1.82, 2.24) is 14.5 Å². The van der Waals surface area contributed by atoms with Crippen LogP contribution in [0.5, 0.6) is 0 Å². The lowest BCUT2D eigenvalue weighted by atomic mass is 10.2. The van der Waals surface area contributed by atoms with Crippen LogP contribution in [-0.2, 0) is 14.8 Å². The van der Waals surface area contributed by atoms with Crippen molar-refractivity contribution in [2.45, 2.75) is 31.7 Å². The second-order valence-corrected chi connectivity index (χ2v) is 10.1. The lowest BCUT2D eigenvalue weighted by Gasteiger charge is -2.36. The highest BCUT2D eigenvalue weighted by Crippen LogP contribution is 2.28. The lowest BCUT2D eigenvalue weighted by Crippen LogP contribution is -2.55. The first kappa shape index (κ1) is 21.6. The molecule has 1 unspecified atom stereocenters. The highest BCUT2D eigenvalue weighted by atomic mass is 79.9. The highest BCUT2D eigenvalue weighted by molar-refractivity contribution is 9.10. The number of halogens is 2. The smallest absolute Gasteiger partial charge is 0.244 e. The van der Waals surface area contributed by atoms with Gasteiger partial charge < -0.3 is 5.32 Å². The third-order valence-electron chi connectivity index (χ3n) is 4.40. The summed E-state index contributed by atoms with van der Waals surface area (Å²) in [5.74, 6) is 0.370. The Morgan fingerprint density at radius 1 is 1.23 bits per heavy atom. The molecule has 1 aliphatic heterocycles. The molecule has 1 heterocycles. The van der Waals surface area contributed by atoms with Gasteiger partial charge in [-0.05, 0) is 31.0 Å². The molecule has 1 saturated heterocycles. The Bertz CT molecular complexity index is 750. The molecule has 0 aromatic heterocycles. The molecule has 1 aromatic carbocycles. The van der Waals surface area contributed by atoms with Gasteiger partial charge in [-0.15, -0.1) is 0 Å². The van der Waals surface area contributed by atoms with Gasteiger partial charge in [0.25, 0.3) is 0 Å². The van der Waals surface area contributed by atoms with Crippen molar-refractivity contribution in [1.29, 1.82) is 0 Å². The van der Waals surface area contributed by atoms with E-state index in [2.05, 4.69) is 21.2 Å². The number of carbonyl (C=O) groups excluding carboxylic acids is 1. The first-order valence-electron chi connectivity index (χ1n) is 8.60. The van der Waals surface area contributed by atoms with Gasteiger partial charge in [0.2, 0.25) is 15.9 Å². The fraction of sp³-hybridized carbons (Fsp3) is 0.588. The summed E-state index contributed by atoms with van der Waals surface area (Å²) in [5, 5.41) is 3.12. The molecule has 0 spiro atoms. The van der Waals surface area contributed by atoms with Gasteiger partial charge in [0, 0.05) is 37.2 Å². The SMILES string of the molecule is CC(C)CNC(=O)C(C)N1CCN(S(=O)(=O)c2ccc(Br)cc2Cl)CC1. The molecule has 9 heteroatoms. The van der Waals surface area contributed by atoms with Crippen molar-refractivity contribution >= 4 is 43.5 Å². The molecule has 0 radical (unpaired) electrons. The van der Waals surface area contributed by atoms with Crippen molar-refractivity contribution in [3.05, 3.63) is 27.7 Å². The van der Waals surface area contributed by atoms with Crippen molar-refractivity contribution in [3.63, 3.8) is 0 Å². The third-order valence-corrected chi connectivity index (χ3v) is 7.27. The predicted octanol–water partition coefficient (Wildman–Crippen LogP) is 2.57. The lowest BCUT2D eigenvalue weighted by molar-refractivity contribution is -0.126. The second-order valence-electron chi connectivity index (χ2n) is 6.83.